The number of pyridine rings is 1. The molecule has 23 heavy (non-hydrogen) atoms. The normalized spacial score (nSPS) is 12.7. The minimum atomic E-state index is -3.94. The van der Waals surface area contributed by atoms with E-state index in [0.29, 0.717) is 5.56 Å². The molecular formula is C15H14ClFN2O3S. The lowest BCUT2D eigenvalue weighted by Crippen LogP contribution is -2.32. The van der Waals surface area contributed by atoms with Crippen molar-refractivity contribution in [3.05, 3.63) is 59.0 Å². The van der Waals surface area contributed by atoms with E-state index in [9.17, 15) is 17.6 Å². The molecule has 0 saturated heterocycles. The summed E-state index contributed by atoms with van der Waals surface area (Å²) in [5.41, 5.74) is 0.660. The highest BCUT2D eigenvalue weighted by Gasteiger charge is 2.24. The number of hydrogen-bond donors (Lipinski definition) is 1. The predicted octanol–water partition coefficient (Wildman–Crippen LogP) is 2.53. The smallest absolute Gasteiger partial charge is 0.236 e. The number of nitrogens with one attached hydrogen (secondary N) is 1. The minimum absolute atomic E-state index is 0.0353. The molecule has 0 aliphatic heterocycles. The van der Waals surface area contributed by atoms with Crippen molar-refractivity contribution >= 4 is 27.3 Å². The maximum Gasteiger partial charge on any atom is 0.236 e. The third-order valence-corrected chi connectivity index (χ3v) is 5.06. The predicted molar refractivity (Wildman–Crippen MR) is 84.3 cm³/mol. The number of aromatic nitrogens is 1. The van der Waals surface area contributed by atoms with Crippen LogP contribution in [-0.4, -0.2) is 25.1 Å². The first-order valence-corrected chi connectivity index (χ1v) is 8.71. The van der Waals surface area contributed by atoms with Gasteiger partial charge in [0.15, 0.2) is 5.03 Å². The number of rotatable bonds is 5. The van der Waals surface area contributed by atoms with Crippen LogP contribution in [0.15, 0.2) is 47.6 Å². The Labute approximate surface area is 138 Å². The summed E-state index contributed by atoms with van der Waals surface area (Å²) in [6.45, 7) is 1.67. The maximum absolute atomic E-state index is 12.9. The van der Waals surface area contributed by atoms with Crippen LogP contribution >= 0.6 is 11.6 Å². The van der Waals surface area contributed by atoms with Gasteiger partial charge in [0.25, 0.3) is 0 Å². The number of hydrogen-bond acceptors (Lipinski definition) is 4. The van der Waals surface area contributed by atoms with Crippen LogP contribution < -0.4 is 5.32 Å². The van der Waals surface area contributed by atoms with E-state index >= 15 is 0 Å². The summed E-state index contributed by atoms with van der Waals surface area (Å²) in [4.78, 5) is 15.7. The summed E-state index contributed by atoms with van der Waals surface area (Å²) in [6.07, 6.45) is 1.29. The molecule has 2 aromatic rings. The average molecular weight is 357 g/mol. The summed E-state index contributed by atoms with van der Waals surface area (Å²) in [5, 5.41) is 2.19. The summed E-state index contributed by atoms with van der Waals surface area (Å²) < 4.78 is 37.2. The van der Waals surface area contributed by atoms with Crippen LogP contribution in [0.2, 0.25) is 5.02 Å². The van der Waals surface area contributed by atoms with Crippen molar-refractivity contribution in [2.75, 3.05) is 5.75 Å². The zero-order valence-electron chi connectivity index (χ0n) is 12.2. The summed E-state index contributed by atoms with van der Waals surface area (Å²) in [6, 6.07) is 8.00. The summed E-state index contributed by atoms with van der Waals surface area (Å²) >= 11 is 5.80. The molecule has 5 nitrogen and oxygen atoms in total. The fraction of sp³-hybridized carbons (Fsp3) is 0.200. The van der Waals surface area contributed by atoms with Crippen molar-refractivity contribution in [2.24, 2.45) is 0 Å². The first-order chi connectivity index (χ1) is 10.8. The molecule has 0 unspecified atom stereocenters. The highest BCUT2D eigenvalue weighted by atomic mass is 35.5. The van der Waals surface area contributed by atoms with Gasteiger partial charge < -0.3 is 5.32 Å². The van der Waals surface area contributed by atoms with Crippen LogP contribution in [0.5, 0.6) is 0 Å². The largest absolute Gasteiger partial charge is 0.349 e. The number of sulfone groups is 1. The van der Waals surface area contributed by atoms with Gasteiger partial charge in [-0.2, -0.15) is 0 Å². The van der Waals surface area contributed by atoms with E-state index in [1.165, 1.54) is 42.6 Å². The molecule has 0 radical (unpaired) electrons. The Kier molecular flexibility index (Phi) is 5.33. The molecule has 0 aliphatic rings. The Morgan fingerprint density at radius 2 is 1.96 bits per heavy atom. The van der Waals surface area contributed by atoms with E-state index in [1.807, 2.05) is 0 Å². The van der Waals surface area contributed by atoms with Gasteiger partial charge in [0.2, 0.25) is 15.7 Å². The molecule has 8 heteroatoms. The van der Waals surface area contributed by atoms with Gasteiger partial charge >= 0.3 is 0 Å². The molecule has 1 aromatic carbocycles. The molecule has 0 aliphatic carbocycles. The number of halogens is 2. The van der Waals surface area contributed by atoms with Crippen molar-refractivity contribution in [3.8, 4) is 0 Å². The molecule has 1 N–H and O–H groups in total. The van der Waals surface area contributed by atoms with E-state index in [2.05, 4.69) is 10.3 Å². The molecule has 2 rings (SSSR count). The number of carbonyl (C=O) groups excluding carboxylic acids is 1. The fourth-order valence-electron chi connectivity index (χ4n) is 1.96. The lowest BCUT2D eigenvalue weighted by Gasteiger charge is -2.14. The van der Waals surface area contributed by atoms with E-state index in [0.717, 1.165) is 0 Å². The van der Waals surface area contributed by atoms with E-state index < -0.39 is 27.5 Å². The van der Waals surface area contributed by atoms with Crippen LogP contribution in [0.4, 0.5) is 4.39 Å². The lowest BCUT2D eigenvalue weighted by molar-refractivity contribution is -0.119. The van der Waals surface area contributed by atoms with Crippen LogP contribution in [0, 0.1) is 5.82 Å². The Balaban J connectivity index is 2.07. The number of benzene rings is 1. The third kappa shape index (κ3) is 4.49. The topological polar surface area (TPSA) is 76.1 Å². The molecule has 0 spiro atoms. The highest BCUT2D eigenvalue weighted by Crippen LogP contribution is 2.19. The van der Waals surface area contributed by atoms with Crippen molar-refractivity contribution in [1.82, 2.24) is 10.3 Å². The van der Waals surface area contributed by atoms with Gasteiger partial charge in [-0.15, -0.1) is 0 Å². The van der Waals surface area contributed by atoms with Gasteiger partial charge in [0, 0.05) is 6.20 Å². The van der Waals surface area contributed by atoms with Crippen molar-refractivity contribution in [3.63, 3.8) is 0 Å². The second-order valence-electron chi connectivity index (χ2n) is 4.89. The average Bonchev–Trinajstić information content (AvgIpc) is 2.47. The monoisotopic (exact) mass is 356 g/mol. The molecule has 0 fully saturated rings. The fourth-order valence-corrected chi connectivity index (χ4v) is 3.58. The van der Waals surface area contributed by atoms with Gasteiger partial charge in [-0.05, 0) is 36.8 Å². The number of carbonyl (C=O) groups is 1. The first-order valence-electron chi connectivity index (χ1n) is 6.67. The van der Waals surface area contributed by atoms with Gasteiger partial charge in [0.05, 0.1) is 11.1 Å². The van der Waals surface area contributed by atoms with Gasteiger partial charge in [-0.3, -0.25) is 4.79 Å². The molecule has 1 heterocycles. The molecule has 1 aromatic heterocycles. The van der Waals surface area contributed by atoms with Gasteiger partial charge in [-0.25, -0.2) is 17.8 Å². The van der Waals surface area contributed by atoms with Crippen molar-refractivity contribution in [2.45, 2.75) is 18.0 Å². The standard InChI is InChI=1S/C15H14ClFN2O3S/c1-10(11-4-6-12(17)7-5-11)19-14(20)9-23(21,22)15-13(16)3-2-8-18-15/h2-8,10H,9H2,1H3,(H,19,20)/t10-/m1/s1. The van der Waals surface area contributed by atoms with Crippen LogP contribution in [-0.2, 0) is 14.6 Å². The second-order valence-corrected chi connectivity index (χ2v) is 7.20. The van der Waals surface area contributed by atoms with Crippen LogP contribution in [0.25, 0.3) is 0 Å². The lowest BCUT2D eigenvalue weighted by atomic mass is 10.1. The van der Waals surface area contributed by atoms with Crippen LogP contribution in [0.1, 0.15) is 18.5 Å². The summed E-state index contributed by atoms with van der Waals surface area (Å²) in [7, 11) is -3.94. The second kappa shape index (κ2) is 7.06. The quantitative estimate of drug-likeness (QED) is 0.893. The molecule has 1 amide bonds. The van der Waals surface area contributed by atoms with E-state index in [1.54, 1.807) is 6.92 Å². The SMILES string of the molecule is C[C@@H](NC(=O)CS(=O)(=O)c1ncccc1Cl)c1ccc(F)cc1. The molecule has 0 bridgehead atoms. The van der Waals surface area contributed by atoms with Gasteiger partial charge in [-0.1, -0.05) is 23.7 Å². The zero-order valence-corrected chi connectivity index (χ0v) is 13.7. The molecule has 0 saturated carbocycles. The van der Waals surface area contributed by atoms with Gasteiger partial charge in [0.1, 0.15) is 11.6 Å². The van der Waals surface area contributed by atoms with E-state index in [4.69, 9.17) is 11.6 Å². The maximum atomic E-state index is 12.9. The highest BCUT2D eigenvalue weighted by molar-refractivity contribution is 7.92. The third-order valence-electron chi connectivity index (χ3n) is 3.09. The first kappa shape index (κ1) is 17.4. The molecule has 122 valence electrons. The summed E-state index contributed by atoms with van der Waals surface area (Å²) in [5.74, 6) is -1.85. The molecular weight excluding hydrogens is 343 g/mol. The number of nitrogens with zero attached hydrogens (tertiary/aromatic N) is 1. The Hall–Kier alpha value is -1.99. The van der Waals surface area contributed by atoms with Crippen LogP contribution in [0.3, 0.4) is 0 Å². The Morgan fingerprint density at radius 3 is 2.57 bits per heavy atom. The number of amides is 1. The van der Waals surface area contributed by atoms with Crippen molar-refractivity contribution in [1.29, 1.82) is 0 Å². The minimum Gasteiger partial charge on any atom is -0.349 e. The molecule has 1 atom stereocenters. The van der Waals surface area contributed by atoms with Crippen molar-refractivity contribution < 1.29 is 17.6 Å². The Morgan fingerprint density at radius 1 is 1.30 bits per heavy atom. The van der Waals surface area contributed by atoms with E-state index in [-0.39, 0.29) is 15.9 Å². The zero-order chi connectivity index (χ0) is 17.0. The Bertz CT molecular complexity index is 810.